The van der Waals surface area contributed by atoms with E-state index in [2.05, 4.69) is 9.47 Å². The van der Waals surface area contributed by atoms with Crippen LogP contribution in [0.2, 0.25) is 0 Å². The molecule has 7 heteroatoms. The van der Waals surface area contributed by atoms with Crippen LogP contribution >= 0.6 is 0 Å². The third kappa shape index (κ3) is 4.48. The van der Waals surface area contributed by atoms with E-state index in [1.165, 1.54) is 6.92 Å². The van der Waals surface area contributed by atoms with Crippen molar-refractivity contribution in [2.45, 2.75) is 13.1 Å². The lowest BCUT2D eigenvalue weighted by Gasteiger charge is -2.08. The third-order valence-corrected chi connectivity index (χ3v) is 1.26. The summed E-state index contributed by atoms with van der Waals surface area (Å²) in [5.74, 6) is -2.87. The highest BCUT2D eigenvalue weighted by molar-refractivity contribution is 5.97. The van der Waals surface area contributed by atoms with Crippen molar-refractivity contribution in [2.24, 2.45) is 0 Å². The third-order valence-electron chi connectivity index (χ3n) is 1.26. The minimum absolute atomic E-state index is 0.0648. The summed E-state index contributed by atoms with van der Waals surface area (Å²) in [5.41, 5.74) is -1.69. The first kappa shape index (κ1) is 13.5. The van der Waals surface area contributed by atoms with Gasteiger partial charge in [-0.3, -0.25) is 0 Å². The molecule has 0 aliphatic heterocycles. The zero-order valence-corrected chi connectivity index (χ0v) is 8.05. The van der Waals surface area contributed by atoms with Crippen molar-refractivity contribution in [3.63, 3.8) is 0 Å². The molecule has 0 bridgehead atoms. The lowest BCUT2D eigenvalue weighted by Crippen LogP contribution is -2.22. The molecular weight excluding hydrogens is 217 g/mol. The highest BCUT2D eigenvalue weighted by atomic mass is 19.4. The SMILES string of the molecule is CCOC(=O)C=C(C(=O)OC)C(F)(F)F. The standard InChI is InChI=1S/C8H9F3O4/c1-3-15-6(12)4-5(7(13)14-2)8(9,10)11/h4H,3H2,1-2H3. The maximum atomic E-state index is 12.2. The first-order chi connectivity index (χ1) is 6.82. The van der Waals surface area contributed by atoms with Crippen molar-refractivity contribution in [3.8, 4) is 0 Å². The normalized spacial score (nSPS) is 12.2. The minimum Gasteiger partial charge on any atom is -0.465 e. The quantitative estimate of drug-likeness (QED) is 0.536. The number of carbonyl (C=O) groups excluding carboxylic acids is 2. The van der Waals surface area contributed by atoms with Crippen LogP contribution in [-0.2, 0) is 19.1 Å². The molecule has 0 N–H and O–H groups in total. The summed E-state index contributed by atoms with van der Waals surface area (Å²) in [6.07, 6.45) is -4.88. The molecule has 0 saturated heterocycles. The molecule has 0 amide bonds. The molecule has 0 heterocycles. The van der Waals surface area contributed by atoms with Gasteiger partial charge in [0.2, 0.25) is 0 Å². The van der Waals surface area contributed by atoms with Gasteiger partial charge in [0, 0.05) is 6.08 Å². The van der Waals surface area contributed by atoms with E-state index in [9.17, 15) is 22.8 Å². The van der Waals surface area contributed by atoms with Crippen molar-refractivity contribution < 1.29 is 32.2 Å². The molecule has 4 nitrogen and oxygen atoms in total. The number of esters is 2. The van der Waals surface area contributed by atoms with E-state index >= 15 is 0 Å². The Hall–Kier alpha value is -1.53. The van der Waals surface area contributed by atoms with E-state index in [1.54, 1.807) is 0 Å². The lowest BCUT2D eigenvalue weighted by atomic mass is 10.2. The molecule has 0 fully saturated rings. The van der Waals surface area contributed by atoms with E-state index in [-0.39, 0.29) is 12.7 Å². The molecule has 0 spiro atoms. The Morgan fingerprint density at radius 2 is 1.87 bits per heavy atom. The summed E-state index contributed by atoms with van der Waals surface area (Å²) in [4.78, 5) is 21.4. The number of halogens is 3. The second-order valence-electron chi connectivity index (χ2n) is 2.30. The molecule has 0 saturated carbocycles. The molecule has 86 valence electrons. The van der Waals surface area contributed by atoms with Gasteiger partial charge in [0.05, 0.1) is 13.7 Å². The van der Waals surface area contributed by atoms with Crippen LogP contribution in [0, 0.1) is 0 Å². The van der Waals surface area contributed by atoms with Crippen LogP contribution in [0.25, 0.3) is 0 Å². The summed E-state index contributed by atoms with van der Waals surface area (Å²) < 4.78 is 44.7. The van der Waals surface area contributed by atoms with Gasteiger partial charge in [-0.1, -0.05) is 0 Å². The Kier molecular flexibility index (Phi) is 4.83. The number of carbonyl (C=O) groups is 2. The van der Waals surface area contributed by atoms with Gasteiger partial charge in [-0.15, -0.1) is 0 Å². The summed E-state index contributed by atoms with van der Waals surface area (Å²) in [6, 6.07) is 0. The van der Waals surface area contributed by atoms with Crippen molar-refractivity contribution in [3.05, 3.63) is 11.6 Å². The average Bonchev–Trinajstić information content (AvgIpc) is 2.12. The lowest BCUT2D eigenvalue weighted by molar-refractivity contribution is -0.150. The van der Waals surface area contributed by atoms with Gasteiger partial charge in [-0.05, 0) is 6.92 Å². The van der Waals surface area contributed by atoms with Gasteiger partial charge in [0.1, 0.15) is 5.57 Å². The maximum Gasteiger partial charge on any atom is 0.423 e. The number of methoxy groups -OCH3 is 1. The second-order valence-corrected chi connectivity index (χ2v) is 2.30. The Morgan fingerprint density at radius 1 is 1.33 bits per heavy atom. The van der Waals surface area contributed by atoms with Gasteiger partial charge in [-0.25, -0.2) is 9.59 Å². The second kappa shape index (κ2) is 5.38. The largest absolute Gasteiger partial charge is 0.465 e. The Morgan fingerprint density at radius 3 is 2.20 bits per heavy atom. The van der Waals surface area contributed by atoms with Crippen LogP contribution in [-0.4, -0.2) is 31.8 Å². The fourth-order valence-electron chi connectivity index (χ4n) is 0.668. The Labute approximate surface area is 83.7 Å². The van der Waals surface area contributed by atoms with Gasteiger partial charge < -0.3 is 9.47 Å². The van der Waals surface area contributed by atoms with E-state index in [1.807, 2.05) is 0 Å². The predicted octanol–water partition coefficient (Wildman–Crippen LogP) is 1.21. The minimum atomic E-state index is -4.94. The fraction of sp³-hybridized carbons (Fsp3) is 0.500. The van der Waals surface area contributed by atoms with E-state index in [0.717, 1.165) is 7.11 Å². The molecular formula is C8H9F3O4. The molecule has 0 aromatic carbocycles. The molecule has 0 rings (SSSR count). The molecule has 0 unspecified atom stereocenters. The molecule has 0 atom stereocenters. The summed E-state index contributed by atoms with van der Waals surface area (Å²) in [6.45, 7) is 1.35. The highest BCUT2D eigenvalue weighted by Crippen LogP contribution is 2.26. The van der Waals surface area contributed by atoms with Crippen molar-refractivity contribution in [1.82, 2.24) is 0 Å². The van der Waals surface area contributed by atoms with Crippen molar-refractivity contribution in [1.29, 1.82) is 0 Å². The van der Waals surface area contributed by atoms with Crippen molar-refractivity contribution >= 4 is 11.9 Å². The number of hydrogen-bond acceptors (Lipinski definition) is 4. The molecule has 0 aliphatic carbocycles. The monoisotopic (exact) mass is 226 g/mol. The van der Waals surface area contributed by atoms with Crippen molar-refractivity contribution in [2.75, 3.05) is 13.7 Å². The maximum absolute atomic E-state index is 12.2. The summed E-state index contributed by atoms with van der Waals surface area (Å²) in [5, 5.41) is 0. The Bertz CT molecular complexity index is 280. The van der Waals surface area contributed by atoms with Gasteiger partial charge in [-0.2, -0.15) is 13.2 Å². The number of rotatable bonds is 3. The van der Waals surface area contributed by atoms with E-state index in [4.69, 9.17) is 0 Å². The zero-order chi connectivity index (χ0) is 12.1. The van der Waals surface area contributed by atoms with Gasteiger partial charge in [0.25, 0.3) is 0 Å². The first-order valence-corrected chi connectivity index (χ1v) is 3.86. The van der Waals surface area contributed by atoms with Crippen LogP contribution in [0.3, 0.4) is 0 Å². The molecule has 0 aliphatic rings. The van der Waals surface area contributed by atoms with Crippen LogP contribution in [0.1, 0.15) is 6.92 Å². The molecule has 0 aromatic heterocycles. The number of ether oxygens (including phenoxy) is 2. The molecule has 15 heavy (non-hydrogen) atoms. The number of hydrogen-bond donors (Lipinski definition) is 0. The zero-order valence-electron chi connectivity index (χ0n) is 8.05. The van der Waals surface area contributed by atoms with Crippen LogP contribution in [0.4, 0.5) is 13.2 Å². The van der Waals surface area contributed by atoms with Crippen LogP contribution in [0.5, 0.6) is 0 Å². The van der Waals surface area contributed by atoms with Gasteiger partial charge >= 0.3 is 18.1 Å². The first-order valence-electron chi connectivity index (χ1n) is 3.86. The Balaban J connectivity index is 4.95. The molecule has 0 radical (unpaired) electrons. The molecule has 0 aromatic rings. The van der Waals surface area contributed by atoms with E-state index in [0.29, 0.717) is 0 Å². The summed E-state index contributed by atoms with van der Waals surface area (Å²) >= 11 is 0. The smallest absolute Gasteiger partial charge is 0.423 e. The van der Waals surface area contributed by atoms with Crippen LogP contribution in [0.15, 0.2) is 11.6 Å². The summed E-state index contributed by atoms with van der Waals surface area (Å²) in [7, 11) is 0.785. The van der Waals surface area contributed by atoms with E-state index < -0.39 is 23.7 Å². The highest BCUT2D eigenvalue weighted by Gasteiger charge is 2.40. The van der Waals surface area contributed by atoms with Gasteiger partial charge in [0.15, 0.2) is 0 Å². The fourth-order valence-corrected chi connectivity index (χ4v) is 0.668. The average molecular weight is 226 g/mol. The predicted molar refractivity (Wildman–Crippen MR) is 42.8 cm³/mol. The topological polar surface area (TPSA) is 52.6 Å². The number of alkyl halides is 3. The van der Waals surface area contributed by atoms with Crippen LogP contribution < -0.4 is 0 Å².